The number of hydrogen-bond donors (Lipinski definition) is 2. The fraction of sp³-hybridized carbons (Fsp3) is 0.533. The number of amides is 1. The second-order valence-electron chi connectivity index (χ2n) is 5.65. The Bertz CT molecular complexity index is 507. The van der Waals surface area contributed by atoms with Crippen molar-refractivity contribution < 1.29 is 9.72 Å². The summed E-state index contributed by atoms with van der Waals surface area (Å²) < 4.78 is 0. The van der Waals surface area contributed by atoms with Gasteiger partial charge in [-0.05, 0) is 44.7 Å². The largest absolute Gasteiger partial charge is 0.354 e. The Morgan fingerprint density at radius 1 is 1.38 bits per heavy atom. The molecular weight excluding hydrogens is 270 g/mol. The second-order valence-corrected chi connectivity index (χ2v) is 5.65. The fourth-order valence-corrected chi connectivity index (χ4v) is 2.55. The van der Waals surface area contributed by atoms with Gasteiger partial charge in [-0.1, -0.05) is 12.1 Å². The zero-order valence-corrected chi connectivity index (χ0v) is 12.2. The van der Waals surface area contributed by atoms with E-state index in [9.17, 15) is 14.9 Å². The SMILES string of the molecule is CC1(C(=O)NCCc2ccc([N+](=O)[O-])cc2)CCCCN1. The normalized spacial score (nSPS) is 21.8. The minimum atomic E-state index is -0.465. The van der Waals surface area contributed by atoms with Crippen LogP contribution in [0.4, 0.5) is 5.69 Å². The molecule has 1 saturated heterocycles. The van der Waals surface area contributed by atoms with E-state index < -0.39 is 10.5 Å². The maximum Gasteiger partial charge on any atom is 0.269 e. The Balaban J connectivity index is 1.80. The van der Waals surface area contributed by atoms with E-state index in [1.165, 1.54) is 12.1 Å². The van der Waals surface area contributed by atoms with Gasteiger partial charge in [-0.15, -0.1) is 0 Å². The van der Waals surface area contributed by atoms with Crippen molar-refractivity contribution >= 4 is 11.6 Å². The van der Waals surface area contributed by atoms with Crippen molar-refractivity contribution in [3.05, 3.63) is 39.9 Å². The van der Waals surface area contributed by atoms with Crippen LogP contribution in [-0.4, -0.2) is 29.5 Å². The molecule has 2 rings (SSSR count). The molecule has 1 aliphatic heterocycles. The van der Waals surface area contributed by atoms with E-state index >= 15 is 0 Å². The molecule has 1 aromatic carbocycles. The molecule has 1 aromatic rings. The van der Waals surface area contributed by atoms with Gasteiger partial charge in [0.2, 0.25) is 5.91 Å². The Morgan fingerprint density at radius 2 is 2.10 bits per heavy atom. The van der Waals surface area contributed by atoms with Crippen molar-refractivity contribution in [1.82, 2.24) is 10.6 Å². The molecule has 0 radical (unpaired) electrons. The van der Waals surface area contributed by atoms with Crippen LogP contribution in [0.15, 0.2) is 24.3 Å². The lowest BCUT2D eigenvalue weighted by atomic mass is 9.90. The predicted molar refractivity (Wildman–Crippen MR) is 80.1 cm³/mol. The number of nitro groups is 1. The predicted octanol–water partition coefficient (Wildman–Crippen LogP) is 1.79. The van der Waals surface area contributed by atoms with Crippen LogP contribution in [0, 0.1) is 10.1 Å². The molecule has 114 valence electrons. The molecule has 1 atom stereocenters. The molecule has 0 aromatic heterocycles. The summed E-state index contributed by atoms with van der Waals surface area (Å²) in [6.07, 6.45) is 3.71. The number of nitro benzene ring substituents is 1. The highest BCUT2D eigenvalue weighted by Crippen LogP contribution is 2.18. The number of piperidine rings is 1. The molecule has 0 saturated carbocycles. The molecule has 1 aliphatic rings. The quantitative estimate of drug-likeness (QED) is 0.640. The van der Waals surface area contributed by atoms with Crippen LogP contribution in [0.5, 0.6) is 0 Å². The highest BCUT2D eigenvalue weighted by molar-refractivity contribution is 5.85. The standard InChI is InChI=1S/C15H21N3O3/c1-15(9-2-3-10-17-15)14(19)16-11-8-12-4-6-13(7-5-12)18(20)21/h4-7,17H,2-3,8-11H2,1H3,(H,16,19). The summed E-state index contributed by atoms with van der Waals surface area (Å²) >= 11 is 0. The molecule has 1 unspecified atom stereocenters. The molecule has 0 aliphatic carbocycles. The van der Waals surface area contributed by atoms with Gasteiger partial charge >= 0.3 is 0 Å². The van der Waals surface area contributed by atoms with Gasteiger partial charge in [0, 0.05) is 18.7 Å². The number of nitrogens with one attached hydrogen (secondary N) is 2. The Kier molecular flexibility index (Phi) is 4.90. The van der Waals surface area contributed by atoms with E-state index in [0.717, 1.165) is 31.4 Å². The van der Waals surface area contributed by atoms with Gasteiger partial charge in [-0.2, -0.15) is 0 Å². The van der Waals surface area contributed by atoms with E-state index in [2.05, 4.69) is 10.6 Å². The van der Waals surface area contributed by atoms with Crippen LogP contribution in [0.1, 0.15) is 31.7 Å². The van der Waals surface area contributed by atoms with Crippen molar-refractivity contribution in [3.8, 4) is 0 Å². The van der Waals surface area contributed by atoms with Gasteiger partial charge in [-0.25, -0.2) is 0 Å². The number of nitrogens with zero attached hydrogens (tertiary/aromatic N) is 1. The average molecular weight is 291 g/mol. The number of rotatable bonds is 5. The molecule has 6 heteroatoms. The highest BCUT2D eigenvalue weighted by Gasteiger charge is 2.33. The second kappa shape index (κ2) is 6.67. The molecular formula is C15H21N3O3. The first-order chi connectivity index (χ1) is 10.0. The van der Waals surface area contributed by atoms with Crippen LogP contribution < -0.4 is 10.6 Å². The summed E-state index contributed by atoms with van der Waals surface area (Å²) in [6, 6.07) is 6.43. The van der Waals surface area contributed by atoms with E-state index in [-0.39, 0.29) is 11.6 Å². The minimum Gasteiger partial charge on any atom is -0.354 e. The van der Waals surface area contributed by atoms with Gasteiger partial charge in [0.25, 0.3) is 5.69 Å². The topological polar surface area (TPSA) is 84.3 Å². The number of carbonyl (C=O) groups is 1. The van der Waals surface area contributed by atoms with Gasteiger partial charge in [0.15, 0.2) is 0 Å². The minimum absolute atomic E-state index is 0.0316. The van der Waals surface area contributed by atoms with E-state index in [1.807, 2.05) is 6.92 Å². The third kappa shape index (κ3) is 4.01. The van der Waals surface area contributed by atoms with Crippen LogP contribution in [0.2, 0.25) is 0 Å². The van der Waals surface area contributed by atoms with Crippen molar-refractivity contribution in [2.24, 2.45) is 0 Å². The zero-order chi connectivity index (χ0) is 15.3. The first kappa shape index (κ1) is 15.4. The van der Waals surface area contributed by atoms with Crippen molar-refractivity contribution in [1.29, 1.82) is 0 Å². The highest BCUT2D eigenvalue weighted by atomic mass is 16.6. The third-order valence-electron chi connectivity index (χ3n) is 3.97. The van der Waals surface area contributed by atoms with Crippen molar-refractivity contribution in [2.75, 3.05) is 13.1 Å². The molecule has 2 N–H and O–H groups in total. The maximum absolute atomic E-state index is 12.2. The maximum atomic E-state index is 12.2. The average Bonchev–Trinajstić information content (AvgIpc) is 2.48. The van der Waals surface area contributed by atoms with E-state index in [1.54, 1.807) is 12.1 Å². The number of carbonyl (C=O) groups excluding carboxylic acids is 1. The summed E-state index contributed by atoms with van der Waals surface area (Å²) in [5.41, 5.74) is 0.595. The number of hydrogen-bond acceptors (Lipinski definition) is 4. The molecule has 0 bridgehead atoms. The molecule has 0 spiro atoms. The lowest BCUT2D eigenvalue weighted by Crippen LogP contribution is -2.57. The zero-order valence-electron chi connectivity index (χ0n) is 12.2. The number of non-ortho nitro benzene ring substituents is 1. The monoisotopic (exact) mass is 291 g/mol. The first-order valence-corrected chi connectivity index (χ1v) is 7.28. The van der Waals surface area contributed by atoms with E-state index in [4.69, 9.17) is 0 Å². The molecule has 6 nitrogen and oxygen atoms in total. The van der Waals surface area contributed by atoms with Crippen molar-refractivity contribution in [3.63, 3.8) is 0 Å². The molecule has 1 amide bonds. The summed E-state index contributed by atoms with van der Waals surface area (Å²) in [4.78, 5) is 22.3. The Hall–Kier alpha value is -1.95. The van der Waals surface area contributed by atoms with Gasteiger partial charge in [-0.3, -0.25) is 14.9 Å². The third-order valence-corrected chi connectivity index (χ3v) is 3.97. The Morgan fingerprint density at radius 3 is 2.67 bits per heavy atom. The number of benzene rings is 1. The van der Waals surface area contributed by atoms with Crippen molar-refractivity contribution in [2.45, 2.75) is 38.1 Å². The lowest BCUT2D eigenvalue weighted by molar-refractivity contribution is -0.384. The van der Waals surface area contributed by atoms with Gasteiger partial charge in [0.1, 0.15) is 0 Å². The lowest BCUT2D eigenvalue weighted by Gasteiger charge is -2.33. The first-order valence-electron chi connectivity index (χ1n) is 7.28. The van der Waals surface area contributed by atoms with Gasteiger partial charge < -0.3 is 10.6 Å². The summed E-state index contributed by atoms with van der Waals surface area (Å²) in [6.45, 7) is 3.35. The summed E-state index contributed by atoms with van der Waals surface area (Å²) in [7, 11) is 0. The molecule has 21 heavy (non-hydrogen) atoms. The van der Waals surface area contributed by atoms with Crippen LogP contribution in [0.25, 0.3) is 0 Å². The molecule has 1 fully saturated rings. The fourth-order valence-electron chi connectivity index (χ4n) is 2.55. The van der Waals surface area contributed by atoms with E-state index in [0.29, 0.717) is 13.0 Å². The molecule has 1 heterocycles. The van der Waals surface area contributed by atoms with Gasteiger partial charge in [0.05, 0.1) is 10.5 Å². The van der Waals surface area contributed by atoms with Crippen LogP contribution in [-0.2, 0) is 11.2 Å². The Labute approximate surface area is 124 Å². The summed E-state index contributed by atoms with van der Waals surface area (Å²) in [5.74, 6) is 0.0316. The smallest absolute Gasteiger partial charge is 0.269 e. The summed E-state index contributed by atoms with van der Waals surface area (Å²) in [5, 5.41) is 16.8. The van der Waals surface area contributed by atoms with Crippen LogP contribution >= 0.6 is 0 Å². The van der Waals surface area contributed by atoms with Crippen LogP contribution in [0.3, 0.4) is 0 Å².